The zero-order chi connectivity index (χ0) is 22.1. The van der Waals surface area contributed by atoms with Gasteiger partial charge in [-0.25, -0.2) is 24.9 Å². The molecule has 0 spiro atoms. The van der Waals surface area contributed by atoms with Crippen molar-refractivity contribution in [1.29, 1.82) is 0 Å². The second kappa shape index (κ2) is 8.79. The molecule has 1 aliphatic rings. The van der Waals surface area contributed by atoms with E-state index in [1.807, 2.05) is 23.6 Å². The standard InChI is InChI=1S/C22H22BrN7O2/c1-13-27-19(20-22(28-13)30(12-26-20)18-5-3-4-8-32-18)16-9-14(23)10-25-21(16)29-15-6-7-17(31-2)24-11-15/h6-7,9-12,18H,3-5,8H2,1-2H3,(H,25,29). The van der Waals surface area contributed by atoms with Crippen molar-refractivity contribution >= 4 is 38.6 Å². The van der Waals surface area contributed by atoms with E-state index in [1.54, 1.807) is 31.9 Å². The molecule has 0 aromatic carbocycles. The first-order chi connectivity index (χ1) is 15.6. The average Bonchev–Trinajstić information content (AvgIpc) is 3.24. The van der Waals surface area contributed by atoms with Crippen LogP contribution >= 0.6 is 15.9 Å². The summed E-state index contributed by atoms with van der Waals surface area (Å²) in [7, 11) is 1.59. The molecule has 0 amide bonds. The number of rotatable bonds is 5. The van der Waals surface area contributed by atoms with Crippen molar-refractivity contribution in [2.75, 3.05) is 19.0 Å². The van der Waals surface area contributed by atoms with Crippen LogP contribution in [-0.4, -0.2) is 43.2 Å². The highest BCUT2D eigenvalue weighted by atomic mass is 79.9. The first-order valence-electron chi connectivity index (χ1n) is 10.4. The molecule has 5 heterocycles. The number of methoxy groups -OCH3 is 1. The molecule has 9 nitrogen and oxygen atoms in total. The van der Waals surface area contributed by atoms with Crippen molar-refractivity contribution < 1.29 is 9.47 Å². The van der Waals surface area contributed by atoms with Crippen LogP contribution in [0.5, 0.6) is 5.88 Å². The lowest BCUT2D eigenvalue weighted by atomic mass is 10.1. The number of fused-ring (bicyclic) bond motifs is 1. The van der Waals surface area contributed by atoms with Crippen LogP contribution in [0.25, 0.3) is 22.4 Å². The number of aryl methyl sites for hydroxylation is 1. The van der Waals surface area contributed by atoms with Gasteiger partial charge >= 0.3 is 0 Å². The zero-order valence-corrected chi connectivity index (χ0v) is 19.3. The number of hydrogen-bond acceptors (Lipinski definition) is 8. The predicted octanol–water partition coefficient (Wildman–Crippen LogP) is 4.81. The maximum absolute atomic E-state index is 5.97. The Hall–Kier alpha value is -3.11. The molecule has 1 atom stereocenters. The van der Waals surface area contributed by atoms with E-state index < -0.39 is 0 Å². The number of pyridine rings is 2. The van der Waals surface area contributed by atoms with E-state index in [-0.39, 0.29) is 6.23 Å². The fourth-order valence-corrected chi connectivity index (χ4v) is 4.13. The molecule has 1 fully saturated rings. The number of aromatic nitrogens is 6. The smallest absolute Gasteiger partial charge is 0.213 e. The summed E-state index contributed by atoms with van der Waals surface area (Å²) in [6, 6.07) is 5.65. The van der Waals surface area contributed by atoms with Gasteiger partial charge in [0.2, 0.25) is 5.88 Å². The summed E-state index contributed by atoms with van der Waals surface area (Å²) in [5, 5.41) is 3.33. The summed E-state index contributed by atoms with van der Waals surface area (Å²) in [6.07, 6.45) is 8.33. The Kier molecular flexibility index (Phi) is 5.71. The minimum Gasteiger partial charge on any atom is -0.481 e. The van der Waals surface area contributed by atoms with E-state index in [9.17, 15) is 0 Å². The van der Waals surface area contributed by atoms with Crippen LogP contribution in [0.15, 0.2) is 41.4 Å². The Morgan fingerprint density at radius 2 is 2.06 bits per heavy atom. The SMILES string of the molecule is COc1ccc(Nc2ncc(Br)cc2-c2nc(C)nc3c2ncn3C2CCCCO2)cn1. The van der Waals surface area contributed by atoms with Gasteiger partial charge in [0.1, 0.15) is 29.1 Å². The van der Waals surface area contributed by atoms with Gasteiger partial charge in [-0.15, -0.1) is 0 Å². The van der Waals surface area contributed by atoms with Crippen molar-refractivity contribution in [3.63, 3.8) is 0 Å². The fraction of sp³-hybridized carbons (Fsp3) is 0.318. The summed E-state index contributed by atoms with van der Waals surface area (Å²) in [4.78, 5) is 22.9. The first kappa shape index (κ1) is 20.8. The Morgan fingerprint density at radius 1 is 1.16 bits per heavy atom. The molecule has 4 aromatic rings. The Labute approximate surface area is 193 Å². The third kappa shape index (κ3) is 4.03. The van der Waals surface area contributed by atoms with Gasteiger partial charge in [0.25, 0.3) is 0 Å². The molecule has 0 aliphatic carbocycles. The van der Waals surface area contributed by atoms with Crippen LogP contribution in [0, 0.1) is 6.92 Å². The average molecular weight is 496 g/mol. The minimum atomic E-state index is -0.0560. The molecule has 1 unspecified atom stereocenters. The van der Waals surface area contributed by atoms with E-state index in [2.05, 4.69) is 41.2 Å². The predicted molar refractivity (Wildman–Crippen MR) is 124 cm³/mol. The number of halogens is 1. The molecule has 1 saturated heterocycles. The number of nitrogens with zero attached hydrogens (tertiary/aromatic N) is 6. The third-order valence-corrected chi connectivity index (χ3v) is 5.75. The van der Waals surface area contributed by atoms with Crippen LogP contribution in [0.1, 0.15) is 31.3 Å². The highest BCUT2D eigenvalue weighted by molar-refractivity contribution is 9.10. The highest BCUT2D eigenvalue weighted by Gasteiger charge is 2.22. The van der Waals surface area contributed by atoms with Crippen LogP contribution in [-0.2, 0) is 4.74 Å². The maximum atomic E-state index is 5.97. The van der Waals surface area contributed by atoms with Gasteiger partial charge in [0.05, 0.1) is 25.3 Å². The molecule has 5 rings (SSSR count). The van der Waals surface area contributed by atoms with Crippen LogP contribution in [0.3, 0.4) is 0 Å². The zero-order valence-electron chi connectivity index (χ0n) is 17.7. The molecular formula is C22H22BrN7O2. The molecule has 1 aliphatic heterocycles. The lowest BCUT2D eigenvalue weighted by molar-refractivity contribution is -0.0298. The van der Waals surface area contributed by atoms with Crippen LogP contribution < -0.4 is 10.1 Å². The largest absolute Gasteiger partial charge is 0.481 e. The van der Waals surface area contributed by atoms with E-state index in [4.69, 9.17) is 14.5 Å². The second-order valence-corrected chi connectivity index (χ2v) is 8.44. The fourth-order valence-electron chi connectivity index (χ4n) is 3.80. The molecular weight excluding hydrogens is 474 g/mol. The molecule has 10 heteroatoms. The summed E-state index contributed by atoms with van der Waals surface area (Å²) in [5.74, 6) is 1.84. The quantitative estimate of drug-likeness (QED) is 0.421. The van der Waals surface area contributed by atoms with E-state index in [0.29, 0.717) is 28.7 Å². The van der Waals surface area contributed by atoms with Gasteiger partial charge in [-0.05, 0) is 54.2 Å². The van der Waals surface area contributed by atoms with Gasteiger partial charge in [-0.1, -0.05) is 0 Å². The lowest BCUT2D eigenvalue weighted by Gasteiger charge is -2.23. The van der Waals surface area contributed by atoms with Crippen LogP contribution in [0.4, 0.5) is 11.5 Å². The summed E-state index contributed by atoms with van der Waals surface area (Å²) in [5.41, 5.74) is 3.77. The summed E-state index contributed by atoms with van der Waals surface area (Å²) < 4.78 is 14.0. The van der Waals surface area contributed by atoms with Gasteiger partial charge in [0.15, 0.2) is 5.65 Å². The highest BCUT2D eigenvalue weighted by Crippen LogP contribution is 2.35. The minimum absolute atomic E-state index is 0.0560. The Bertz CT molecular complexity index is 1250. The first-order valence-corrected chi connectivity index (χ1v) is 11.2. The number of nitrogens with one attached hydrogen (secondary N) is 1. The third-order valence-electron chi connectivity index (χ3n) is 5.32. The van der Waals surface area contributed by atoms with Crippen molar-refractivity contribution in [2.24, 2.45) is 0 Å². The Balaban J connectivity index is 1.60. The molecule has 1 N–H and O–H groups in total. The maximum Gasteiger partial charge on any atom is 0.213 e. The van der Waals surface area contributed by atoms with E-state index >= 15 is 0 Å². The summed E-state index contributed by atoms with van der Waals surface area (Å²) >= 11 is 3.54. The van der Waals surface area contributed by atoms with Crippen molar-refractivity contribution in [3.8, 4) is 17.1 Å². The number of ether oxygens (including phenoxy) is 2. The molecule has 0 saturated carbocycles. The molecule has 0 radical (unpaired) electrons. The summed E-state index contributed by atoms with van der Waals surface area (Å²) in [6.45, 7) is 2.63. The van der Waals surface area contributed by atoms with Crippen molar-refractivity contribution in [2.45, 2.75) is 32.4 Å². The van der Waals surface area contributed by atoms with Gasteiger partial charge in [0, 0.05) is 28.9 Å². The monoisotopic (exact) mass is 495 g/mol. The van der Waals surface area contributed by atoms with E-state index in [1.165, 1.54) is 0 Å². The van der Waals surface area contributed by atoms with E-state index in [0.717, 1.165) is 47.2 Å². The molecule has 4 aromatic heterocycles. The van der Waals surface area contributed by atoms with Crippen molar-refractivity contribution in [3.05, 3.63) is 47.2 Å². The lowest BCUT2D eigenvalue weighted by Crippen LogP contribution is -2.17. The van der Waals surface area contributed by atoms with Gasteiger partial charge in [-0.2, -0.15) is 0 Å². The molecule has 0 bridgehead atoms. The number of anilines is 2. The topological polar surface area (TPSA) is 99.9 Å². The number of hydrogen-bond donors (Lipinski definition) is 1. The van der Waals surface area contributed by atoms with Gasteiger partial charge < -0.3 is 14.8 Å². The number of imidazole rings is 1. The van der Waals surface area contributed by atoms with Crippen molar-refractivity contribution in [1.82, 2.24) is 29.5 Å². The van der Waals surface area contributed by atoms with Crippen LogP contribution in [0.2, 0.25) is 0 Å². The Morgan fingerprint density at radius 3 is 2.81 bits per heavy atom. The molecule has 164 valence electrons. The second-order valence-electron chi connectivity index (χ2n) is 7.53. The van der Waals surface area contributed by atoms with Gasteiger partial charge in [-0.3, -0.25) is 4.57 Å². The molecule has 32 heavy (non-hydrogen) atoms. The normalized spacial score (nSPS) is 16.3.